The van der Waals surface area contributed by atoms with Crippen molar-refractivity contribution in [3.05, 3.63) is 21.4 Å². The number of thiophene rings is 1. The van der Waals surface area contributed by atoms with E-state index >= 15 is 0 Å². The van der Waals surface area contributed by atoms with E-state index in [0.29, 0.717) is 11.9 Å². The van der Waals surface area contributed by atoms with E-state index in [1.54, 1.807) is 11.3 Å². The number of piperidine rings is 1. The lowest BCUT2D eigenvalue weighted by molar-refractivity contribution is -0.138. The summed E-state index contributed by atoms with van der Waals surface area (Å²) in [6, 6.07) is 2.76. The van der Waals surface area contributed by atoms with Gasteiger partial charge in [-0.3, -0.25) is 14.5 Å². The van der Waals surface area contributed by atoms with Crippen molar-refractivity contribution in [3.63, 3.8) is 0 Å². The molecule has 2 saturated heterocycles. The van der Waals surface area contributed by atoms with Crippen molar-refractivity contribution in [3.8, 4) is 0 Å². The summed E-state index contributed by atoms with van der Waals surface area (Å²) in [6.45, 7) is 11.7. The first-order chi connectivity index (χ1) is 15.0. The zero-order valence-corrected chi connectivity index (χ0v) is 20.3. The topological polar surface area (TPSA) is 47.1 Å². The fraction of sp³-hybridized carbons (Fsp3) is 0.750. The van der Waals surface area contributed by atoms with Crippen molar-refractivity contribution in [2.45, 2.75) is 52.0 Å². The van der Waals surface area contributed by atoms with Crippen LogP contribution in [0.4, 0.5) is 0 Å². The summed E-state index contributed by atoms with van der Waals surface area (Å²) in [5.74, 6) is 0.544. The molecule has 1 aromatic rings. The molecule has 4 rings (SSSR count). The van der Waals surface area contributed by atoms with Crippen LogP contribution in [0, 0.1) is 5.92 Å². The van der Waals surface area contributed by atoms with Gasteiger partial charge in [0.05, 0.1) is 4.88 Å². The molecule has 0 radical (unpaired) electrons. The molecule has 0 spiro atoms. The Hall–Kier alpha value is -1.44. The lowest BCUT2D eigenvalue weighted by Crippen LogP contribution is -2.55. The first-order valence-electron chi connectivity index (χ1n) is 12.1. The summed E-state index contributed by atoms with van der Waals surface area (Å²) in [7, 11) is 2.21. The minimum absolute atomic E-state index is 0.0772. The lowest BCUT2D eigenvalue weighted by atomic mass is 9.87. The Labute approximate surface area is 191 Å². The molecule has 1 atom stereocenters. The summed E-state index contributed by atoms with van der Waals surface area (Å²) in [6.07, 6.45) is 5.15. The molecule has 31 heavy (non-hydrogen) atoms. The third-order valence-corrected chi connectivity index (χ3v) is 8.75. The van der Waals surface area contributed by atoms with Crippen LogP contribution < -0.4 is 0 Å². The lowest BCUT2D eigenvalue weighted by Gasteiger charge is -2.43. The highest BCUT2D eigenvalue weighted by Gasteiger charge is 2.33. The monoisotopic (exact) mass is 446 g/mol. The number of fused-ring (bicyclic) bond motifs is 1. The number of carbonyl (C=O) groups is 2. The summed E-state index contributed by atoms with van der Waals surface area (Å²) >= 11 is 1.64. The molecule has 0 saturated carbocycles. The molecule has 6 nitrogen and oxygen atoms in total. The van der Waals surface area contributed by atoms with Crippen LogP contribution >= 0.6 is 11.3 Å². The van der Waals surface area contributed by atoms with Gasteiger partial charge in [0.25, 0.3) is 5.91 Å². The number of nitrogens with zero attached hydrogens (tertiary/aromatic N) is 4. The van der Waals surface area contributed by atoms with Gasteiger partial charge >= 0.3 is 0 Å². The molecule has 2 fully saturated rings. The Morgan fingerprint density at radius 2 is 1.71 bits per heavy atom. The van der Waals surface area contributed by atoms with Gasteiger partial charge in [-0.15, -0.1) is 11.3 Å². The van der Waals surface area contributed by atoms with Crippen LogP contribution in [-0.2, 0) is 17.6 Å². The zero-order chi connectivity index (χ0) is 22.0. The van der Waals surface area contributed by atoms with Crippen molar-refractivity contribution in [2.75, 3.05) is 59.4 Å². The van der Waals surface area contributed by atoms with E-state index in [2.05, 4.69) is 27.8 Å². The SMILES string of the molecule is CCN(CC)C(=O)c1cc2c(s1)CCC(C(=O)N1CCN(C3CCN(C)CC3)CC1)C2. The first kappa shape index (κ1) is 22.7. The number of amides is 2. The van der Waals surface area contributed by atoms with E-state index in [4.69, 9.17) is 0 Å². The van der Waals surface area contributed by atoms with Crippen LogP contribution in [-0.4, -0.2) is 96.9 Å². The second kappa shape index (κ2) is 10.0. The molecule has 3 heterocycles. The molecule has 172 valence electrons. The Kier molecular flexibility index (Phi) is 7.34. The van der Waals surface area contributed by atoms with Gasteiger partial charge in [0.2, 0.25) is 5.91 Å². The summed E-state index contributed by atoms with van der Waals surface area (Å²) in [5.41, 5.74) is 1.23. The molecular formula is C24H38N4O2S. The van der Waals surface area contributed by atoms with E-state index < -0.39 is 0 Å². The highest BCUT2D eigenvalue weighted by molar-refractivity contribution is 7.14. The largest absolute Gasteiger partial charge is 0.340 e. The molecule has 1 unspecified atom stereocenters. The minimum atomic E-state index is 0.0772. The molecule has 7 heteroatoms. The predicted molar refractivity (Wildman–Crippen MR) is 126 cm³/mol. The molecule has 0 aromatic carbocycles. The molecule has 1 aromatic heterocycles. The van der Waals surface area contributed by atoms with Crippen molar-refractivity contribution < 1.29 is 9.59 Å². The second-order valence-corrected chi connectivity index (χ2v) is 10.5. The van der Waals surface area contributed by atoms with Gasteiger partial charge in [0.1, 0.15) is 0 Å². The molecule has 3 aliphatic rings. The van der Waals surface area contributed by atoms with Crippen molar-refractivity contribution in [1.29, 1.82) is 0 Å². The smallest absolute Gasteiger partial charge is 0.263 e. The van der Waals surface area contributed by atoms with Gasteiger partial charge in [-0.05, 0) is 77.7 Å². The van der Waals surface area contributed by atoms with Gasteiger partial charge in [-0.25, -0.2) is 0 Å². The van der Waals surface area contributed by atoms with Crippen LogP contribution in [0.5, 0.6) is 0 Å². The van der Waals surface area contributed by atoms with Gasteiger partial charge in [-0.2, -0.15) is 0 Å². The van der Waals surface area contributed by atoms with Crippen LogP contribution in [0.3, 0.4) is 0 Å². The van der Waals surface area contributed by atoms with E-state index in [-0.39, 0.29) is 11.8 Å². The van der Waals surface area contributed by atoms with Crippen molar-refractivity contribution >= 4 is 23.2 Å². The summed E-state index contributed by atoms with van der Waals surface area (Å²) in [5, 5.41) is 0. The average Bonchev–Trinajstić information content (AvgIpc) is 3.23. The summed E-state index contributed by atoms with van der Waals surface area (Å²) < 4.78 is 0. The molecule has 2 amide bonds. The minimum Gasteiger partial charge on any atom is -0.340 e. The fourth-order valence-corrected chi connectivity index (χ4v) is 6.61. The van der Waals surface area contributed by atoms with Crippen LogP contribution in [0.25, 0.3) is 0 Å². The third-order valence-electron chi connectivity index (χ3n) is 7.52. The zero-order valence-electron chi connectivity index (χ0n) is 19.4. The van der Waals surface area contributed by atoms with Crippen molar-refractivity contribution in [1.82, 2.24) is 19.6 Å². The Bertz CT molecular complexity index is 775. The Balaban J connectivity index is 1.32. The molecule has 0 N–H and O–H groups in total. The van der Waals surface area contributed by atoms with Gasteiger partial charge in [0, 0.05) is 56.1 Å². The molecule has 2 aliphatic heterocycles. The molecular weight excluding hydrogens is 408 g/mol. The number of hydrogen-bond acceptors (Lipinski definition) is 5. The van der Waals surface area contributed by atoms with Gasteiger partial charge in [0.15, 0.2) is 0 Å². The number of piperazine rings is 1. The third kappa shape index (κ3) is 4.99. The van der Waals surface area contributed by atoms with E-state index in [1.165, 1.54) is 36.4 Å². The van der Waals surface area contributed by atoms with E-state index in [0.717, 1.165) is 63.4 Å². The van der Waals surface area contributed by atoms with Crippen LogP contribution in [0.1, 0.15) is 53.2 Å². The molecule has 1 aliphatic carbocycles. The highest BCUT2D eigenvalue weighted by atomic mass is 32.1. The van der Waals surface area contributed by atoms with Gasteiger partial charge < -0.3 is 14.7 Å². The Morgan fingerprint density at radius 3 is 2.35 bits per heavy atom. The maximum atomic E-state index is 13.3. The first-order valence-corrected chi connectivity index (χ1v) is 12.9. The quantitative estimate of drug-likeness (QED) is 0.698. The predicted octanol–water partition coefficient (Wildman–Crippen LogP) is 2.57. The van der Waals surface area contributed by atoms with E-state index in [9.17, 15) is 9.59 Å². The maximum Gasteiger partial charge on any atom is 0.263 e. The van der Waals surface area contributed by atoms with Crippen molar-refractivity contribution in [2.24, 2.45) is 5.92 Å². The van der Waals surface area contributed by atoms with Crippen LogP contribution in [0.15, 0.2) is 6.07 Å². The summed E-state index contributed by atoms with van der Waals surface area (Å²) in [4.78, 5) is 37.1. The fourth-order valence-electron chi connectivity index (χ4n) is 5.43. The maximum absolute atomic E-state index is 13.3. The number of rotatable bonds is 5. The molecule has 0 bridgehead atoms. The van der Waals surface area contributed by atoms with E-state index in [1.807, 2.05) is 18.7 Å². The Morgan fingerprint density at radius 1 is 1.03 bits per heavy atom. The highest BCUT2D eigenvalue weighted by Crippen LogP contribution is 2.34. The standard InChI is InChI=1S/C24H38N4O2S/c1-4-26(5-2)24(30)22-17-19-16-18(6-7-21(19)31-22)23(29)28-14-12-27(13-15-28)20-8-10-25(3)11-9-20/h17-18,20H,4-16H2,1-3H3. The number of likely N-dealkylation sites (tertiary alicyclic amines) is 1. The van der Waals surface area contributed by atoms with Gasteiger partial charge in [-0.1, -0.05) is 0 Å². The second-order valence-electron chi connectivity index (χ2n) is 9.37. The number of hydrogen-bond donors (Lipinski definition) is 0. The average molecular weight is 447 g/mol. The normalized spacial score (nSPS) is 23.6. The number of aryl methyl sites for hydroxylation is 1. The number of carbonyl (C=O) groups excluding carboxylic acids is 2. The van der Waals surface area contributed by atoms with Crippen LogP contribution in [0.2, 0.25) is 0 Å².